The van der Waals surface area contributed by atoms with Crippen molar-refractivity contribution in [2.24, 2.45) is 17.3 Å². The summed E-state index contributed by atoms with van der Waals surface area (Å²) in [6, 6.07) is 15.6. The van der Waals surface area contributed by atoms with Gasteiger partial charge < -0.3 is 16.4 Å². The Morgan fingerprint density at radius 3 is 2.70 bits per heavy atom. The van der Waals surface area contributed by atoms with E-state index in [9.17, 15) is 4.79 Å². The van der Waals surface area contributed by atoms with Crippen molar-refractivity contribution in [2.45, 2.75) is 32.2 Å². The first kappa shape index (κ1) is 19.1. The third-order valence-corrected chi connectivity index (χ3v) is 7.08. The van der Waals surface area contributed by atoms with Gasteiger partial charge in [-0.25, -0.2) is 0 Å². The molecule has 0 spiro atoms. The molecule has 3 atom stereocenters. The third-order valence-electron chi connectivity index (χ3n) is 7.08. The highest BCUT2D eigenvalue weighted by molar-refractivity contribution is 6.03. The van der Waals surface area contributed by atoms with Gasteiger partial charge in [-0.15, -0.1) is 0 Å². The number of nitrogen functional groups attached to an aromatic ring is 1. The molecule has 3 unspecified atom stereocenters. The van der Waals surface area contributed by atoms with Gasteiger partial charge in [0.15, 0.2) is 0 Å². The minimum absolute atomic E-state index is 0.187. The number of nitrogens with two attached hydrogens (primary N) is 1. The topological polar surface area (TPSA) is 67.1 Å². The maximum absolute atomic E-state index is 12.1. The van der Waals surface area contributed by atoms with Crippen LogP contribution in [-0.4, -0.2) is 12.5 Å². The number of nitrogens with one attached hydrogen (secondary N) is 2. The van der Waals surface area contributed by atoms with E-state index < -0.39 is 0 Å². The lowest BCUT2D eigenvalue weighted by atomic mass is 9.45. The van der Waals surface area contributed by atoms with E-state index in [0.717, 1.165) is 30.5 Å². The molecule has 0 aromatic heterocycles. The molecule has 2 fully saturated rings. The number of amides is 1. The van der Waals surface area contributed by atoms with Crippen molar-refractivity contribution in [3.8, 4) is 0 Å². The largest absolute Gasteiger partial charge is 0.397 e. The number of fused-ring (bicyclic) bond motifs is 1. The highest BCUT2D eigenvalue weighted by atomic mass is 16.1. The molecule has 4 N–H and O–H groups in total. The summed E-state index contributed by atoms with van der Waals surface area (Å²) < 4.78 is 0. The quantitative estimate of drug-likeness (QED) is 0.357. The van der Waals surface area contributed by atoms with Crippen LogP contribution in [0.4, 0.5) is 11.4 Å². The maximum atomic E-state index is 12.1. The van der Waals surface area contributed by atoms with E-state index in [0.29, 0.717) is 16.8 Å². The fraction of sp³-hybridized carbons (Fsp3) is 0.346. The maximum Gasteiger partial charge on any atom is 0.248 e. The van der Waals surface area contributed by atoms with Crippen molar-refractivity contribution in [3.05, 3.63) is 77.4 Å². The van der Waals surface area contributed by atoms with Crippen molar-refractivity contribution in [3.63, 3.8) is 0 Å². The van der Waals surface area contributed by atoms with Gasteiger partial charge in [-0.05, 0) is 66.9 Å². The lowest BCUT2D eigenvalue weighted by Crippen LogP contribution is -2.54. The molecule has 154 valence electrons. The van der Waals surface area contributed by atoms with Gasteiger partial charge in [0.2, 0.25) is 5.91 Å². The fourth-order valence-corrected chi connectivity index (χ4v) is 5.70. The highest BCUT2D eigenvalue weighted by Crippen LogP contribution is 2.64. The second-order valence-electron chi connectivity index (χ2n) is 9.14. The van der Waals surface area contributed by atoms with E-state index in [1.807, 2.05) is 18.2 Å². The summed E-state index contributed by atoms with van der Waals surface area (Å²) in [5, 5.41) is 6.51. The van der Waals surface area contributed by atoms with Crippen LogP contribution in [0.15, 0.2) is 66.3 Å². The summed E-state index contributed by atoms with van der Waals surface area (Å²) in [4.78, 5) is 12.1. The van der Waals surface area contributed by atoms with Gasteiger partial charge in [-0.3, -0.25) is 4.79 Å². The molecular weight excluding hydrogens is 370 g/mol. The molecule has 4 aliphatic rings. The molecule has 2 aromatic carbocycles. The van der Waals surface area contributed by atoms with E-state index in [-0.39, 0.29) is 5.91 Å². The van der Waals surface area contributed by atoms with Crippen LogP contribution in [0.5, 0.6) is 0 Å². The SMILES string of the molecule is Nc1ccccc1NC(=O)/C=C/c1ccc(CNCC23CC4CC=C2C(C4)C3)cc1. The van der Waals surface area contributed by atoms with Gasteiger partial charge in [-0.1, -0.05) is 48.0 Å². The van der Waals surface area contributed by atoms with Crippen LogP contribution in [0.25, 0.3) is 6.08 Å². The minimum Gasteiger partial charge on any atom is -0.397 e. The normalized spacial score (nSPS) is 26.3. The number of rotatable bonds is 7. The van der Waals surface area contributed by atoms with Crippen LogP contribution < -0.4 is 16.4 Å². The molecule has 2 saturated carbocycles. The summed E-state index contributed by atoms with van der Waals surface area (Å²) in [7, 11) is 0. The van der Waals surface area contributed by atoms with Gasteiger partial charge in [0, 0.05) is 24.6 Å². The molecule has 30 heavy (non-hydrogen) atoms. The second-order valence-corrected chi connectivity index (χ2v) is 9.14. The van der Waals surface area contributed by atoms with Gasteiger partial charge in [0.1, 0.15) is 0 Å². The Kier molecular flexibility index (Phi) is 4.95. The average Bonchev–Trinajstić information content (AvgIpc) is 2.75. The summed E-state index contributed by atoms with van der Waals surface area (Å²) in [6.45, 7) is 2.00. The molecule has 4 aliphatic carbocycles. The van der Waals surface area contributed by atoms with Crippen molar-refractivity contribution >= 4 is 23.4 Å². The Balaban J connectivity index is 1.11. The molecule has 2 aromatic rings. The van der Waals surface area contributed by atoms with E-state index in [1.54, 1.807) is 17.7 Å². The van der Waals surface area contributed by atoms with E-state index in [2.05, 4.69) is 41.0 Å². The van der Waals surface area contributed by atoms with Gasteiger partial charge in [-0.2, -0.15) is 0 Å². The first-order valence-corrected chi connectivity index (χ1v) is 11.0. The zero-order chi connectivity index (χ0) is 20.6. The van der Waals surface area contributed by atoms with Crippen LogP contribution in [0.3, 0.4) is 0 Å². The van der Waals surface area contributed by atoms with E-state index in [1.165, 1.54) is 37.3 Å². The zero-order valence-electron chi connectivity index (χ0n) is 17.2. The summed E-state index contributed by atoms with van der Waals surface area (Å²) >= 11 is 0. The van der Waals surface area contributed by atoms with Gasteiger partial charge in [0.25, 0.3) is 0 Å². The van der Waals surface area contributed by atoms with E-state index >= 15 is 0 Å². The lowest BCUT2D eigenvalue weighted by Gasteiger charge is -2.61. The van der Waals surface area contributed by atoms with Crippen molar-refractivity contribution < 1.29 is 4.79 Å². The van der Waals surface area contributed by atoms with E-state index in [4.69, 9.17) is 5.73 Å². The summed E-state index contributed by atoms with van der Waals surface area (Å²) in [5.74, 6) is 1.65. The van der Waals surface area contributed by atoms with Crippen LogP contribution in [-0.2, 0) is 11.3 Å². The molecule has 1 amide bonds. The first-order chi connectivity index (χ1) is 14.6. The predicted octanol–water partition coefficient (Wildman–Crippen LogP) is 4.76. The first-order valence-electron chi connectivity index (χ1n) is 11.0. The minimum atomic E-state index is -0.187. The summed E-state index contributed by atoms with van der Waals surface area (Å²) in [5.41, 5.74) is 11.6. The molecule has 0 aliphatic heterocycles. The molecule has 4 nitrogen and oxygen atoms in total. The van der Waals surface area contributed by atoms with Gasteiger partial charge in [0.05, 0.1) is 11.4 Å². The number of hydrogen-bond donors (Lipinski definition) is 3. The monoisotopic (exact) mass is 399 g/mol. The number of anilines is 2. The Morgan fingerprint density at radius 1 is 1.13 bits per heavy atom. The Morgan fingerprint density at radius 2 is 1.97 bits per heavy atom. The van der Waals surface area contributed by atoms with Crippen LogP contribution >= 0.6 is 0 Å². The number of allylic oxidation sites excluding steroid dienone is 1. The number of carbonyl (C=O) groups is 1. The standard InChI is InChI=1S/C26H29N3O/c27-23-3-1-2-4-24(23)29-25(30)12-10-18-5-7-19(8-6-18)16-28-17-26-14-20-9-11-22(26)21(13-20)15-26/h1-8,10-12,20-21,28H,9,13-17,27H2,(H,29,30)/b12-10+. The van der Waals surface area contributed by atoms with Gasteiger partial charge >= 0.3 is 0 Å². The number of para-hydroxylation sites is 2. The molecular formula is C26H29N3O. The molecule has 6 rings (SSSR count). The third kappa shape index (κ3) is 3.68. The average molecular weight is 400 g/mol. The fourth-order valence-electron chi connectivity index (χ4n) is 5.70. The Labute approximate surface area is 178 Å². The molecule has 4 heteroatoms. The van der Waals surface area contributed by atoms with Crippen molar-refractivity contribution in [1.29, 1.82) is 0 Å². The van der Waals surface area contributed by atoms with Crippen LogP contribution in [0, 0.1) is 17.3 Å². The number of carbonyl (C=O) groups excluding carboxylic acids is 1. The number of hydrogen-bond acceptors (Lipinski definition) is 3. The Hall–Kier alpha value is -2.85. The van der Waals surface area contributed by atoms with Crippen LogP contribution in [0.1, 0.15) is 36.8 Å². The number of benzene rings is 2. The molecule has 0 heterocycles. The van der Waals surface area contributed by atoms with Crippen molar-refractivity contribution in [1.82, 2.24) is 5.32 Å². The molecule has 0 radical (unpaired) electrons. The highest BCUT2D eigenvalue weighted by Gasteiger charge is 2.55. The van der Waals surface area contributed by atoms with Crippen LogP contribution in [0.2, 0.25) is 0 Å². The smallest absolute Gasteiger partial charge is 0.248 e. The van der Waals surface area contributed by atoms with Crippen molar-refractivity contribution in [2.75, 3.05) is 17.6 Å². The summed E-state index contributed by atoms with van der Waals surface area (Å²) in [6.07, 6.45) is 11.4. The lowest BCUT2D eigenvalue weighted by molar-refractivity contribution is -0.111. The zero-order valence-corrected chi connectivity index (χ0v) is 17.2. The molecule has 0 saturated heterocycles. The predicted molar refractivity (Wildman–Crippen MR) is 123 cm³/mol. The Bertz CT molecular complexity index is 1010. The molecule has 4 bridgehead atoms. The second kappa shape index (κ2) is 7.77.